The van der Waals surface area contributed by atoms with Gasteiger partial charge in [0.2, 0.25) is 11.8 Å². The van der Waals surface area contributed by atoms with Crippen LogP contribution in [0.1, 0.15) is 59.8 Å². The number of ketones is 1. The zero-order valence-electron chi connectivity index (χ0n) is 13.1. The second-order valence-electron chi connectivity index (χ2n) is 6.18. The lowest BCUT2D eigenvalue weighted by Crippen LogP contribution is -2.33. The molecule has 20 heavy (non-hydrogen) atoms. The number of amides is 2. The maximum absolute atomic E-state index is 12.3. The van der Waals surface area contributed by atoms with E-state index in [1.54, 1.807) is 0 Å². The van der Waals surface area contributed by atoms with Crippen molar-refractivity contribution in [2.24, 2.45) is 17.8 Å². The Labute approximate surface area is 121 Å². The van der Waals surface area contributed by atoms with Gasteiger partial charge in [0.05, 0.1) is 0 Å². The second kappa shape index (κ2) is 7.55. The van der Waals surface area contributed by atoms with Crippen LogP contribution < -0.4 is 0 Å². The second-order valence-corrected chi connectivity index (χ2v) is 6.18. The van der Waals surface area contributed by atoms with Crippen molar-refractivity contribution in [1.29, 1.82) is 0 Å². The third kappa shape index (κ3) is 4.15. The summed E-state index contributed by atoms with van der Waals surface area (Å²) in [6, 6.07) is 0. The van der Waals surface area contributed by atoms with Crippen molar-refractivity contribution in [3.63, 3.8) is 0 Å². The fraction of sp³-hybridized carbons (Fsp3) is 0.812. The van der Waals surface area contributed by atoms with E-state index in [-0.39, 0.29) is 35.4 Å². The third-order valence-electron chi connectivity index (χ3n) is 4.16. The first-order valence-corrected chi connectivity index (χ1v) is 7.75. The molecule has 1 aliphatic heterocycles. The number of carbonyl (C=O) groups is 3. The summed E-state index contributed by atoms with van der Waals surface area (Å²) >= 11 is 0. The van der Waals surface area contributed by atoms with Crippen LogP contribution in [0.5, 0.6) is 0 Å². The maximum Gasteiger partial charge on any atom is 0.233 e. The molecule has 0 N–H and O–H groups in total. The minimum Gasteiger partial charge on any atom is -0.299 e. The molecule has 0 saturated carbocycles. The van der Waals surface area contributed by atoms with Crippen molar-refractivity contribution in [2.75, 3.05) is 6.54 Å². The number of Topliss-reactive ketones (excluding diaryl/α,β-unsaturated/α-hetero) is 1. The Bertz CT molecular complexity index is 376. The van der Waals surface area contributed by atoms with Gasteiger partial charge in [0.25, 0.3) is 0 Å². The van der Waals surface area contributed by atoms with Crippen LogP contribution in [0.2, 0.25) is 0 Å². The van der Waals surface area contributed by atoms with Crippen LogP contribution in [0.3, 0.4) is 0 Å². The highest BCUT2D eigenvalue weighted by Gasteiger charge is 2.40. The molecule has 1 heterocycles. The van der Waals surface area contributed by atoms with E-state index in [4.69, 9.17) is 0 Å². The van der Waals surface area contributed by atoms with Gasteiger partial charge in [-0.25, -0.2) is 0 Å². The van der Waals surface area contributed by atoms with Crippen LogP contribution in [-0.4, -0.2) is 29.0 Å². The highest BCUT2D eigenvalue weighted by Crippen LogP contribution is 2.29. The molecule has 114 valence electrons. The fourth-order valence-corrected chi connectivity index (χ4v) is 2.74. The standard InChI is InChI=1S/C16H27NO3/c1-5-7-12(4)13-10-15(19)17(16(13)20)9-6-8-14(18)11(2)3/h11-13H,5-10H2,1-4H3. The molecule has 1 aliphatic rings. The molecule has 0 spiro atoms. The van der Waals surface area contributed by atoms with E-state index in [1.807, 2.05) is 20.8 Å². The number of nitrogens with zero attached hydrogens (tertiary/aromatic N) is 1. The molecule has 2 unspecified atom stereocenters. The highest BCUT2D eigenvalue weighted by molar-refractivity contribution is 6.03. The van der Waals surface area contributed by atoms with Crippen molar-refractivity contribution in [3.05, 3.63) is 0 Å². The summed E-state index contributed by atoms with van der Waals surface area (Å²) in [5, 5.41) is 0. The topological polar surface area (TPSA) is 54.5 Å². The van der Waals surface area contributed by atoms with Gasteiger partial charge in [-0.1, -0.05) is 40.5 Å². The van der Waals surface area contributed by atoms with Crippen LogP contribution in [0.15, 0.2) is 0 Å². The van der Waals surface area contributed by atoms with Crippen molar-refractivity contribution < 1.29 is 14.4 Å². The number of imide groups is 1. The summed E-state index contributed by atoms with van der Waals surface area (Å²) < 4.78 is 0. The monoisotopic (exact) mass is 281 g/mol. The van der Waals surface area contributed by atoms with Crippen LogP contribution in [0, 0.1) is 17.8 Å². The van der Waals surface area contributed by atoms with Gasteiger partial charge in [0, 0.05) is 31.2 Å². The summed E-state index contributed by atoms with van der Waals surface area (Å²) in [5.74, 6) is 0.229. The zero-order chi connectivity index (χ0) is 15.3. The quantitative estimate of drug-likeness (QED) is 0.643. The van der Waals surface area contributed by atoms with Crippen LogP contribution in [0.25, 0.3) is 0 Å². The van der Waals surface area contributed by atoms with Crippen molar-refractivity contribution in [1.82, 2.24) is 4.90 Å². The van der Waals surface area contributed by atoms with E-state index in [1.165, 1.54) is 4.90 Å². The molecule has 0 aromatic rings. The SMILES string of the molecule is CCCC(C)C1CC(=O)N(CCCC(=O)C(C)C)C1=O. The Morgan fingerprint density at radius 3 is 2.50 bits per heavy atom. The fourth-order valence-electron chi connectivity index (χ4n) is 2.74. The number of hydrogen-bond donors (Lipinski definition) is 0. The number of likely N-dealkylation sites (tertiary alicyclic amines) is 1. The lowest BCUT2D eigenvalue weighted by atomic mass is 9.89. The maximum atomic E-state index is 12.3. The zero-order valence-corrected chi connectivity index (χ0v) is 13.1. The smallest absolute Gasteiger partial charge is 0.233 e. The lowest BCUT2D eigenvalue weighted by Gasteiger charge is -2.18. The molecule has 0 radical (unpaired) electrons. The predicted molar refractivity (Wildman–Crippen MR) is 78.0 cm³/mol. The molecular weight excluding hydrogens is 254 g/mol. The average Bonchev–Trinajstić information content (AvgIpc) is 2.66. The molecule has 2 atom stereocenters. The summed E-state index contributed by atoms with van der Waals surface area (Å²) in [5.41, 5.74) is 0. The molecule has 0 aromatic carbocycles. The first kappa shape index (κ1) is 16.9. The van der Waals surface area contributed by atoms with Gasteiger partial charge in [-0.05, 0) is 12.3 Å². The summed E-state index contributed by atoms with van der Waals surface area (Å²) in [6.07, 6.45) is 3.39. The van der Waals surface area contributed by atoms with E-state index in [0.29, 0.717) is 25.8 Å². The largest absolute Gasteiger partial charge is 0.299 e. The van der Waals surface area contributed by atoms with E-state index in [0.717, 1.165) is 12.8 Å². The van der Waals surface area contributed by atoms with E-state index < -0.39 is 0 Å². The van der Waals surface area contributed by atoms with Crippen molar-refractivity contribution in [3.8, 4) is 0 Å². The highest BCUT2D eigenvalue weighted by atomic mass is 16.2. The molecule has 0 aliphatic carbocycles. The van der Waals surface area contributed by atoms with Gasteiger partial charge in [0.1, 0.15) is 5.78 Å². The Morgan fingerprint density at radius 2 is 1.95 bits per heavy atom. The summed E-state index contributed by atoms with van der Waals surface area (Å²) in [4.78, 5) is 37.1. The molecule has 1 rings (SSSR count). The van der Waals surface area contributed by atoms with Crippen molar-refractivity contribution in [2.45, 2.75) is 59.8 Å². The average molecular weight is 281 g/mol. The number of hydrogen-bond acceptors (Lipinski definition) is 3. The molecule has 4 nitrogen and oxygen atoms in total. The van der Waals surface area contributed by atoms with E-state index in [9.17, 15) is 14.4 Å². The van der Waals surface area contributed by atoms with Gasteiger partial charge >= 0.3 is 0 Å². The van der Waals surface area contributed by atoms with Gasteiger partial charge in [0.15, 0.2) is 0 Å². The first-order chi connectivity index (χ1) is 9.38. The van der Waals surface area contributed by atoms with Crippen LogP contribution in [0.4, 0.5) is 0 Å². The molecule has 2 amide bonds. The van der Waals surface area contributed by atoms with Gasteiger partial charge < -0.3 is 0 Å². The van der Waals surface area contributed by atoms with Gasteiger partial charge in [-0.15, -0.1) is 0 Å². The van der Waals surface area contributed by atoms with E-state index in [2.05, 4.69) is 6.92 Å². The molecule has 4 heteroatoms. The molecule has 1 saturated heterocycles. The van der Waals surface area contributed by atoms with Crippen LogP contribution in [-0.2, 0) is 14.4 Å². The number of rotatable bonds is 8. The normalized spacial score (nSPS) is 20.9. The Hall–Kier alpha value is -1.19. The Morgan fingerprint density at radius 1 is 1.30 bits per heavy atom. The molecular formula is C16H27NO3. The van der Waals surface area contributed by atoms with E-state index >= 15 is 0 Å². The Balaban J connectivity index is 2.49. The van der Waals surface area contributed by atoms with Crippen molar-refractivity contribution >= 4 is 17.6 Å². The summed E-state index contributed by atoms with van der Waals surface area (Å²) in [6.45, 7) is 8.28. The predicted octanol–water partition coefficient (Wildman–Crippen LogP) is 2.80. The molecule has 0 aromatic heterocycles. The van der Waals surface area contributed by atoms with Crippen LogP contribution >= 0.6 is 0 Å². The molecule has 0 bridgehead atoms. The minimum absolute atomic E-state index is 0.0253. The number of carbonyl (C=O) groups excluding carboxylic acids is 3. The summed E-state index contributed by atoms with van der Waals surface area (Å²) in [7, 11) is 0. The first-order valence-electron chi connectivity index (χ1n) is 7.75. The van der Waals surface area contributed by atoms with Gasteiger partial charge in [-0.2, -0.15) is 0 Å². The third-order valence-corrected chi connectivity index (χ3v) is 4.16. The van der Waals surface area contributed by atoms with Gasteiger partial charge in [-0.3, -0.25) is 19.3 Å². The lowest BCUT2D eigenvalue weighted by molar-refractivity contribution is -0.140. The Kier molecular flexibility index (Phi) is 6.37. The molecule has 1 fully saturated rings. The minimum atomic E-state index is -0.150.